The second kappa shape index (κ2) is 6.30. The highest BCUT2D eigenvalue weighted by Gasteiger charge is 2.06. The average Bonchev–Trinajstić information content (AvgIpc) is 2.98. The highest BCUT2D eigenvalue weighted by molar-refractivity contribution is 5.93. The van der Waals surface area contributed by atoms with Gasteiger partial charge in [-0.15, -0.1) is 0 Å². The molecule has 5 nitrogen and oxygen atoms in total. The van der Waals surface area contributed by atoms with Gasteiger partial charge in [0.25, 0.3) is 5.91 Å². The summed E-state index contributed by atoms with van der Waals surface area (Å²) in [5.74, 6) is 0.657. The van der Waals surface area contributed by atoms with Crippen molar-refractivity contribution in [3.63, 3.8) is 0 Å². The second-order valence-electron chi connectivity index (χ2n) is 5.02. The maximum atomic E-state index is 11.8. The van der Waals surface area contributed by atoms with E-state index < -0.39 is 0 Å². The van der Waals surface area contributed by atoms with E-state index in [1.807, 2.05) is 36.4 Å². The maximum absolute atomic E-state index is 11.8. The molecule has 0 saturated carbocycles. The Morgan fingerprint density at radius 2 is 2.05 bits per heavy atom. The molecule has 112 valence electrons. The molecule has 0 radical (unpaired) electrons. The number of hydrogen-bond donors (Lipinski definition) is 1. The minimum absolute atomic E-state index is 0.143. The predicted molar refractivity (Wildman–Crippen MR) is 85.0 cm³/mol. The first-order valence-corrected chi connectivity index (χ1v) is 7.11. The van der Waals surface area contributed by atoms with E-state index in [2.05, 4.69) is 16.5 Å². The van der Waals surface area contributed by atoms with Crippen molar-refractivity contribution in [3.05, 3.63) is 60.4 Å². The minimum Gasteiger partial charge on any atom is -0.492 e. The van der Waals surface area contributed by atoms with Crippen LogP contribution in [-0.2, 0) is 7.05 Å². The Balaban J connectivity index is 1.51. The summed E-state index contributed by atoms with van der Waals surface area (Å²) in [6, 6.07) is 14.1. The topological polar surface area (TPSA) is 56.2 Å². The lowest BCUT2D eigenvalue weighted by atomic mass is 10.1. The van der Waals surface area contributed by atoms with Crippen LogP contribution in [0.2, 0.25) is 0 Å². The Hall–Kier alpha value is -2.82. The fraction of sp³-hybridized carbons (Fsp3) is 0.176. The zero-order valence-corrected chi connectivity index (χ0v) is 12.3. The largest absolute Gasteiger partial charge is 0.492 e. The molecule has 2 aromatic carbocycles. The van der Waals surface area contributed by atoms with Crippen LogP contribution >= 0.6 is 0 Å². The number of aryl methyl sites for hydroxylation is 1. The number of nitrogens with one attached hydrogen (secondary N) is 1. The smallest absolute Gasteiger partial charge is 0.254 e. The lowest BCUT2D eigenvalue weighted by Gasteiger charge is -2.08. The number of benzene rings is 2. The van der Waals surface area contributed by atoms with Gasteiger partial charge in [0.05, 0.1) is 18.3 Å². The van der Waals surface area contributed by atoms with Crippen molar-refractivity contribution >= 4 is 16.7 Å². The molecule has 1 aromatic heterocycles. The Morgan fingerprint density at radius 3 is 2.82 bits per heavy atom. The van der Waals surface area contributed by atoms with Gasteiger partial charge in [0.15, 0.2) is 0 Å². The molecular formula is C17H17N3O2. The minimum atomic E-state index is -0.143. The highest BCUT2D eigenvalue weighted by Crippen LogP contribution is 2.20. The number of hydrogen-bond acceptors (Lipinski definition) is 3. The number of amides is 1. The van der Waals surface area contributed by atoms with Crippen LogP contribution in [0.1, 0.15) is 10.4 Å². The molecule has 0 aliphatic carbocycles. The SMILES string of the molecule is Cn1cc(C(=O)NCCOc2ccc3ccccc3c2)cn1. The normalized spacial score (nSPS) is 10.6. The van der Waals surface area contributed by atoms with Gasteiger partial charge >= 0.3 is 0 Å². The molecule has 0 aliphatic rings. The van der Waals surface area contributed by atoms with Crippen LogP contribution in [0.25, 0.3) is 10.8 Å². The molecule has 1 amide bonds. The fourth-order valence-electron chi connectivity index (χ4n) is 2.23. The number of fused-ring (bicyclic) bond motifs is 1. The Bertz CT molecular complexity index is 795. The molecule has 0 spiro atoms. The Morgan fingerprint density at radius 1 is 1.23 bits per heavy atom. The van der Waals surface area contributed by atoms with Crippen molar-refractivity contribution in [1.82, 2.24) is 15.1 Å². The molecule has 0 atom stereocenters. The van der Waals surface area contributed by atoms with E-state index in [1.165, 1.54) is 5.39 Å². The van der Waals surface area contributed by atoms with E-state index in [4.69, 9.17) is 4.74 Å². The summed E-state index contributed by atoms with van der Waals surface area (Å²) in [5, 5.41) is 9.09. The van der Waals surface area contributed by atoms with E-state index in [0.29, 0.717) is 18.7 Å². The molecule has 5 heteroatoms. The molecule has 0 saturated heterocycles. The van der Waals surface area contributed by atoms with Gasteiger partial charge in [-0.1, -0.05) is 30.3 Å². The Labute approximate surface area is 128 Å². The van der Waals surface area contributed by atoms with Crippen LogP contribution in [0.3, 0.4) is 0 Å². The third kappa shape index (κ3) is 3.25. The van der Waals surface area contributed by atoms with Crippen molar-refractivity contribution in [1.29, 1.82) is 0 Å². The number of ether oxygens (including phenoxy) is 1. The van der Waals surface area contributed by atoms with Crippen LogP contribution in [-0.4, -0.2) is 28.8 Å². The quantitative estimate of drug-likeness (QED) is 0.735. The molecule has 0 unspecified atom stereocenters. The van der Waals surface area contributed by atoms with Gasteiger partial charge in [-0.3, -0.25) is 9.48 Å². The second-order valence-corrected chi connectivity index (χ2v) is 5.02. The summed E-state index contributed by atoms with van der Waals surface area (Å²) in [4.78, 5) is 11.8. The van der Waals surface area contributed by atoms with E-state index in [1.54, 1.807) is 24.1 Å². The number of aromatic nitrogens is 2. The van der Waals surface area contributed by atoms with E-state index >= 15 is 0 Å². The van der Waals surface area contributed by atoms with Crippen LogP contribution in [0.15, 0.2) is 54.9 Å². The fourth-order valence-corrected chi connectivity index (χ4v) is 2.23. The first-order valence-electron chi connectivity index (χ1n) is 7.11. The summed E-state index contributed by atoms with van der Waals surface area (Å²) in [6.45, 7) is 0.866. The zero-order valence-electron chi connectivity index (χ0n) is 12.3. The monoisotopic (exact) mass is 295 g/mol. The molecule has 1 heterocycles. The lowest BCUT2D eigenvalue weighted by Crippen LogP contribution is -2.27. The van der Waals surface area contributed by atoms with Crippen molar-refractivity contribution in [2.45, 2.75) is 0 Å². The maximum Gasteiger partial charge on any atom is 0.254 e. The van der Waals surface area contributed by atoms with E-state index in [0.717, 1.165) is 11.1 Å². The summed E-state index contributed by atoms with van der Waals surface area (Å²) < 4.78 is 7.27. The van der Waals surface area contributed by atoms with Crippen LogP contribution < -0.4 is 10.1 Å². The summed E-state index contributed by atoms with van der Waals surface area (Å²) >= 11 is 0. The third-order valence-electron chi connectivity index (χ3n) is 3.34. The molecule has 22 heavy (non-hydrogen) atoms. The highest BCUT2D eigenvalue weighted by atomic mass is 16.5. The van der Waals surface area contributed by atoms with Gasteiger partial charge < -0.3 is 10.1 Å². The summed E-state index contributed by atoms with van der Waals surface area (Å²) in [6.07, 6.45) is 3.22. The molecule has 1 N–H and O–H groups in total. The standard InChI is InChI=1S/C17H17N3O2/c1-20-12-15(11-19-20)17(21)18-8-9-22-16-7-6-13-4-2-3-5-14(13)10-16/h2-7,10-12H,8-9H2,1H3,(H,18,21). The predicted octanol–water partition coefficient (Wildman–Crippen LogP) is 2.38. The molecule has 3 rings (SSSR count). The third-order valence-corrected chi connectivity index (χ3v) is 3.34. The van der Waals surface area contributed by atoms with Crippen molar-refractivity contribution in [2.24, 2.45) is 7.05 Å². The molecule has 0 fully saturated rings. The van der Waals surface area contributed by atoms with Gasteiger partial charge in [0.2, 0.25) is 0 Å². The van der Waals surface area contributed by atoms with Gasteiger partial charge in [-0.25, -0.2) is 0 Å². The number of rotatable bonds is 5. The first kappa shape index (κ1) is 14.1. The van der Waals surface area contributed by atoms with Crippen LogP contribution in [0.5, 0.6) is 5.75 Å². The summed E-state index contributed by atoms with van der Waals surface area (Å²) in [5.41, 5.74) is 0.549. The van der Waals surface area contributed by atoms with Crippen molar-refractivity contribution in [2.75, 3.05) is 13.2 Å². The lowest BCUT2D eigenvalue weighted by molar-refractivity contribution is 0.0947. The van der Waals surface area contributed by atoms with Crippen LogP contribution in [0, 0.1) is 0 Å². The number of carbonyl (C=O) groups is 1. The molecule has 0 aliphatic heterocycles. The Kier molecular flexibility index (Phi) is 4.05. The van der Waals surface area contributed by atoms with Gasteiger partial charge in [0.1, 0.15) is 12.4 Å². The molecule has 3 aromatic rings. The molecule has 0 bridgehead atoms. The van der Waals surface area contributed by atoms with Crippen molar-refractivity contribution in [3.8, 4) is 5.75 Å². The van der Waals surface area contributed by atoms with Gasteiger partial charge in [-0.2, -0.15) is 5.10 Å². The zero-order chi connectivity index (χ0) is 15.4. The van der Waals surface area contributed by atoms with E-state index in [-0.39, 0.29) is 5.91 Å². The number of nitrogens with zero attached hydrogens (tertiary/aromatic N) is 2. The van der Waals surface area contributed by atoms with Gasteiger partial charge in [0, 0.05) is 13.2 Å². The van der Waals surface area contributed by atoms with E-state index in [9.17, 15) is 4.79 Å². The average molecular weight is 295 g/mol. The summed E-state index contributed by atoms with van der Waals surface area (Å²) in [7, 11) is 1.78. The molecular weight excluding hydrogens is 278 g/mol. The number of carbonyl (C=O) groups excluding carboxylic acids is 1. The van der Waals surface area contributed by atoms with Gasteiger partial charge in [-0.05, 0) is 22.9 Å². The van der Waals surface area contributed by atoms with Crippen molar-refractivity contribution < 1.29 is 9.53 Å². The van der Waals surface area contributed by atoms with Crippen LogP contribution in [0.4, 0.5) is 0 Å². The first-order chi connectivity index (χ1) is 10.7.